The number of allylic oxidation sites excluding steroid dienone is 4. The molecule has 0 spiro atoms. The van der Waals surface area contributed by atoms with Gasteiger partial charge in [-0.05, 0) is 118 Å². The van der Waals surface area contributed by atoms with E-state index < -0.39 is 76.9 Å². The Hall–Kier alpha value is -4.62. The van der Waals surface area contributed by atoms with E-state index in [2.05, 4.69) is 0 Å². The third-order valence-corrected chi connectivity index (χ3v) is 15.7. The molecule has 0 aromatic heterocycles. The lowest BCUT2D eigenvalue weighted by atomic mass is 9.76. The molecule has 0 saturated carbocycles. The molecular weight excluding hydrogens is 941 g/mol. The maximum absolute atomic E-state index is 12.8. The van der Waals surface area contributed by atoms with E-state index in [0.29, 0.717) is 84.0 Å². The van der Waals surface area contributed by atoms with E-state index in [1.165, 1.54) is 25.3 Å². The van der Waals surface area contributed by atoms with Crippen molar-refractivity contribution in [3.05, 3.63) is 83.1 Å². The molecular formula is C44H53N2O16S4+. The van der Waals surface area contributed by atoms with Gasteiger partial charge in [-0.3, -0.25) is 23.0 Å². The Morgan fingerprint density at radius 2 is 1.29 bits per heavy atom. The van der Waals surface area contributed by atoms with E-state index in [4.69, 9.17) is 9.47 Å². The first-order valence-corrected chi connectivity index (χ1v) is 26.6. The number of rotatable bonds is 19. The molecule has 0 saturated heterocycles. The zero-order chi connectivity index (χ0) is 48.9. The van der Waals surface area contributed by atoms with Crippen LogP contribution in [0.1, 0.15) is 77.8 Å². The minimum atomic E-state index is -5.05. The fraction of sp³-hybridized carbons (Fsp3) is 0.409. The van der Waals surface area contributed by atoms with E-state index in [-0.39, 0.29) is 54.2 Å². The van der Waals surface area contributed by atoms with Crippen LogP contribution in [0, 0.1) is 0 Å². The molecule has 0 radical (unpaired) electrons. The van der Waals surface area contributed by atoms with Crippen LogP contribution in [0.3, 0.4) is 0 Å². The zero-order valence-corrected chi connectivity index (χ0v) is 40.4. The maximum Gasteiger partial charge on any atom is 0.303 e. The van der Waals surface area contributed by atoms with Crippen LogP contribution in [0.25, 0.3) is 21.5 Å². The van der Waals surface area contributed by atoms with E-state index in [9.17, 15) is 61.8 Å². The fourth-order valence-electron chi connectivity index (χ4n) is 9.34. The molecule has 0 aliphatic carbocycles. The zero-order valence-electron chi connectivity index (χ0n) is 37.1. The number of carboxylic acid groups (broad SMARTS) is 1. The van der Waals surface area contributed by atoms with Gasteiger partial charge in [0.15, 0.2) is 5.71 Å². The van der Waals surface area contributed by atoms with Crippen molar-refractivity contribution in [3.8, 4) is 0 Å². The first kappa shape index (κ1) is 50.8. The number of methoxy groups -OCH3 is 1. The fourth-order valence-corrected chi connectivity index (χ4v) is 12.0. The van der Waals surface area contributed by atoms with Crippen LogP contribution >= 0.6 is 0 Å². The smallest absolute Gasteiger partial charge is 0.303 e. The highest BCUT2D eigenvalue weighted by Gasteiger charge is 2.48. The number of hydrogen-bond donors (Lipinski definition) is 5. The predicted molar refractivity (Wildman–Crippen MR) is 246 cm³/mol. The van der Waals surface area contributed by atoms with Crippen molar-refractivity contribution in [3.63, 3.8) is 0 Å². The Morgan fingerprint density at radius 3 is 1.80 bits per heavy atom. The molecule has 4 aromatic rings. The van der Waals surface area contributed by atoms with Crippen LogP contribution in [0.4, 0.5) is 11.4 Å². The van der Waals surface area contributed by atoms with Gasteiger partial charge in [0.2, 0.25) is 5.69 Å². The summed E-state index contributed by atoms with van der Waals surface area (Å²) in [7, 11) is -18.5. The van der Waals surface area contributed by atoms with Crippen molar-refractivity contribution in [1.29, 1.82) is 0 Å². The number of ether oxygens (including phenoxy) is 2. The monoisotopic (exact) mass is 993 g/mol. The summed E-state index contributed by atoms with van der Waals surface area (Å²) in [4.78, 5) is 10.4. The van der Waals surface area contributed by atoms with Crippen LogP contribution in [0.2, 0.25) is 0 Å². The normalized spacial score (nSPS) is 18.5. The average Bonchev–Trinajstić information content (AvgIpc) is 3.57. The molecule has 4 aromatic carbocycles. The number of carbonyl (C=O) groups is 1. The first-order valence-electron chi connectivity index (χ1n) is 20.8. The molecule has 5 N–H and O–H groups in total. The summed E-state index contributed by atoms with van der Waals surface area (Å²) < 4.78 is 155. The van der Waals surface area contributed by atoms with E-state index >= 15 is 0 Å². The summed E-state index contributed by atoms with van der Waals surface area (Å²) in [6.07, 6.45) is 5.42. The van der Waals surface area contributed by atoms with E-state index in [1.807, 2.05) is 56.2 Å². The number of unbranched alkanes of at least 4 members (excludes halogenated alkanes) is 2. The lowest BCUT2D eigenvalue weighted by molar-refractivity contribution is -0.433. The molecule has 1 unspecified atom stereocenters. The van der Waals surface area contributed by atoms with E-state index in [1.54, 1.807) is 12.1 Å². The van der Waals surface area contributed by atoms with Gasteiger partial charge in [0.25, 0.3) is 40.5 Å². The summed E-state index contributed by atoms with van der Waals surface area (Å²) in [6.45, 7) is 10.7. The minimum absolute atomic E-state index is 0.00810. The van der Waals surface area contributed by atoms with Crippen molar-refractivity contribution >= 4 is 85.1 Å². The number of carboxylic acids is 1. The van der Waals surface area contributed by atoms with E-state index in [0.717, 1.165) is 6.07 Å². The number of hydrogen-bond acceptors (Lipinski definition) is 12. The summed E-state index contributed by atoms with van der Waals surface area (Å²) >= 11 is 0. The summed E-state index contributed by atoms with van der Waals surface area (Å²) in [5.74, 6) is -0.944. The molecule has 18 nitrogen and oxygen atoms in total. The van der Waals surface area contributed by atoms with Gasteiger partial charge in [0.1, 0.15) is 16.3 Å². The summed E-state index contributed by atoms with van der Waals surface area (Å²) in [5, 5.41) is 9.62. The average molecular weight is 994 g/mol. The predicted octanol–water partition coefficient (Wildman–Crippen LogP) is 6.68. The second kappa shape index (κ2) is 18.5. The largest absolute Gasteiger partial charge is 0.481 e. The lowest BCUT2D eigenvalue weighted by Crippen LogP contribution is -2.31. The Kier molecular flexibility index (Phi) is 14.2. The molecule has 0 amide bonds. The van der Waals surface area contributed by atoms with Gasteiger partial charge < -0.3 is 19.5 Å². The quantitative estimate of drug-likeness (QED) is 0.0372. The van der Waals surface area contributed by atoms with Gasteiger partial charge in [0, 0.05) is 72.0 Å². The van der Waals surface area contributed by atoms with Crippen LogP contribution in [0.15, 0.2) is 91.5 Å². The SMILES string of the molecule is CC[N+]1=C(/C=C(C)/C=C2/N(CCCCCC(=O)O)c3ccc4c(S(=O)(=O)O)cc(S(=O)(=O)O)cc4c3C2(C)CCOCCOC)C(C)(C)c2c1ccc1c(S(=O)(=O)O)cc(S(=O)(=O)O)cc21. The molecule has 358 valence electrons. The maximum atomic E-state index is 12.8. The van der Waals surface area contributed by atoms with Gasteiger partial charge in [-0.2, -0.15) is 38.2 Å². The van der Waals surface area contributed by atoms with Crippen LogP contribution in [-0.4, -0.2) is 113 Å². The third kappa shape index (κ3) is 9.84. The Labute approximate surface area is 384 Å². The number of benzene rings is 4. The third-order valence-electron chi connectivity index (χ3n) is 12.3. The number of nitrogens with zero attached hydrogens (tertiary/aromatic N) is 2. The van der Waals surface area contributed by atoms with Crippen LogP contribution in [-0.2, 0) is 65.6 Å². The van der Waals surface area contributed by atoms with Crippen molar-refractivity contribution in [1.82, 2.24) is 0 Å². The molecule has 0 bridgehead atoms. The second-order valence-electron chi connectivity index (χ2n) is 17.1. The van der Waals surface area contributed by atoms with Crippen molar-refractivity contribution < 1.29 is 75.8 Å². The summed E-state index contributed by atoms with van der Waals surface area (Å²) in [6, 6.07) is 9.97. The topological polar surface area (TPSA) is 279 Å². The Bertz CT molecular complexity index is 3210. The van der Waals surface area contributed by atoms with Gasteiger partial charge in [-0.15, -0.1) is 0 Å². The van der Waals surface area contributed by atoms with Gasteiger partial charge in [-0.25, -0.2) is 0 Å². The summed E-state index contributed by atoms with van der Waals surface area (Å²) in [5.41, 5.74) is 2.11. The highest BCUT2D eigenvalue weighted by Crippen LogP contribution is 2.54. The molecule has 22 heteroatoms. The molecule has 66 heavy (non-hydrogen) atoms. The standard InChI is InChI=1S/C44H52N2O16S4/c1-7-45-34-14-12-30-32(23-28(63(49,50)51)25-36(30)65(55,56)57)41(34)43(3,4)38(45)21-27(2)22-39-44(5,16-18-62-20-19-61-6)42-33-24-29(64(52,53)54)26-37(66(58,59)60)31(33)13-15-35(42)46(39)17-10-8-9-11-40(47)48/h12-15,21-26H,7-11,16-20H2,1-6H3,(H4-,47,48,49,50,51,52,53,54,55,56,57,58,59,60)/p+1. The lowest BCUT2D eigenvalue weighted by Gasteiger charge is -2.31. The number of fused-ring (bicyclic) bond motifs is 6. The van der Waals surface area contributed by atoms with Crippen molar-refractivity contribution in [2.45, 2.75) is 97.1 Å². The van der Waals surface area contributed by atoms with Crippen molar-refractivity contribution in [2.24, 2.45) is 0 Å². The number of aliphatic carboxylic acids is 1. The molecule has 2 heterocycles. The van der Waals surface area contributed by atoms with Gasteiger partial charge in [0.05, 0.1) is 28.4 Å². The van der Waals surface area contributed by atoms with Gasteiger partial charge >= 0.3 is 5.97 Å². The van der Waals surface area contributed by atoms with Gasteiger partial charge in [-0.1, -0.05) is 12.5 Å². The Morgan fingerprint density at radius 1 is 0.727 bits per heavy atom. The molecule has 2 aliphatic heterocycles. The highest BCUT2D eigenvalue weighted by atomic mass is 32.2. The van der Waals surface area contributed by atoms with Crippen molar-refractivity contribution in [2.75, 3.05) is 44.9 Å². The number of anilines is 1. The van der Waals surface area contributed by atoms with Crippen LogP contribution < -0.4 is 4.90 Å². The Balaban J connectivity index is 1.61. The second-order valence-corrected chi connectivity index (χ2v) is 22.7. The molecule has 2 aliphatic rings. The molecule has 0 fully saturated rings. The molecule has 1 atom stereocenters. The highest BCUT2D eigenvalue weighted by molar-refractivity contribution is 7.87. The first-order chi connectivity index (χ1) is 30.6. The van der Waals surface area contributed by atoms with Crippen LogP contribution in [0.5, 0.6) is 0 Å². The minimum Gasteiger partial charge on any atom is -0.481 e. The molecule has 6 rings (SSSR count).